The first-order valence-corrected chi connectivity index (χ1v) is 36.5. The molecule has 4 aliphatic rings. The molecule has 0 aliphatic carbocycles. The summed E-state index contributed by atoms with van der Waals surface area (Å²) < 4.78 is 29.9. The maximum atomic E-state index is 8.35. The normalized spacial score (nSPS) is 14.2. The van der Waals surface area contributed by atoms with Crippen molar-refractivity contribution in [2.24, 2.45) is 0 Å². The molecule has 0 saturated heterocycles. The van der Waals surface area contributed by atoms with Crippen LogP contribution in [0.25, 0.3) is 99.5 Å². The molecule has 6 nitrogen and oxygen atoms in total. The van der Waals surface area contributed by atoms with Gasteiger partial charge in [-0.05, 0) is 150 Å². The van der Waals surface area contributed by atoms with Crippen LogP contribution in [0.4, 0.5) is 34.1 Å². The highest BCUT2D eigenvalue weighted by Gasteiger charge is 2.51. The standard InChI is InChI=1S/C97H75BN2O4/c1-95(2,3)63-50-69(58-31-17-11-18-32-58)90(70(51-63)59-33-19-12-20-34-59)99-75-49-62(57-29-15-10-16-30-57)43-44-66(75)86-87-76(99)54-65(97(7,8)9)55-77(87)100(91-71(60-35-21-13-22-36-60)52-64(96(4,5)6)53-72(91)61-37-23-14-24-38-61)78-56-83-89-94(88(78)86)104-93-74(46-48-82-85(93)68-40-26-28-42-80(68)102-82)98(89)73-45-47-81-84(92(73)103-83)67-39-25-27-41-79(67)101-81/h10-56,86H,1-9H3. The van der Waals surface area contributed by atoms with Crippen molar-refractivity contribution in [2.45, 2.75) is 84.5 Å². The molecule has 6 heterocycles. The highest BCUT2D eigenvalue weighted by Crippen LogP contribution is 2.67. The summed E-state index contributed by atoms with van der Waals surface area (Å²) in [5.41, 5.74) is 30.0. The fourth-order valence-corrected chi connectivity index (χ4v) is 17.2. The number of furan rings is 2. The Bertz CT molecular complexity index is 6100. The number of fused-ring (bicyclic) bond motifs is 17. The molecule has 0 fully saturated rings. The Balaban J connectivity index is 1.00. The summed E-state index contributed by atoms with van der Waals surface area (Å²) in [4.78, 5) is 5.35. The van der Waals surface area contributed by atoms with E-state index in [4.69, 9.17) is 18.3 Å². The Morgan fingerprint density at radius 1 is 0.308 bits per heavy atom. The first-order valence-electron chi connectivity index (χ1n) is 36.5. The van der Waals surface area contributed by atoms with Crippen molar-refractivity contribution in [1.82, 2.24) is 0 Å². The first-order chi connectivity index (χ1) is 50.5. The van der Waals surface area contributed by atoms with Gasteiger partial charge >= 0.3 is 0 Å². The van der Waals surface area contributed by atoms with Gasteiger partial charge in [-0.15, -0.1) is 0 Å². The Kier molecular flexibility index (Phi) is 13.5. The molecule has 16 aromatic rings. The monoisotopic (exact) mass is 1340 g/mol. The van der Waals surface area contributed by atoms with E-state index in [0.717, 1.165) is 184 Å². The van der Waals surface area contributed by atoms with E-state index in [2.05, 4.69) is 351 Å². The maximum Gasteiger partial charge on any atom is 0.260 e. The van der Waals surface area contributed by atoms with E-state index in [-0.39, 0.29) is 23.0 Å². The van der Waals surface area contributed by atoms with Gasteiger partial charge in [0.15, 0.2) is 0 Å². The summed E-state index contributed by atoms with van der Waals surface area (Å²) in [6.07, 6.45) is 0. The van der Waals surface area contributed by atoms with E-state index in [1.54, 1.807) is 0 Å². The summed E-state index contributed by atoms with van der Waals surface area (Å²) in [5, 5.41) is 3.87. The van der Waals surface area contributed by atoms with Crippen LogP contribution >= 0.6 is 0 Å². The highest BCUT2D eigenvalue weighted by molar-refractivity contribution is 6.98. The summed E-state index contributed by atoms with van der Waals surface area (Å²) in [6, 6.07) is 106. The predicted molar refractivity (Wildman–Crippen MR) is 432 cm³/mol. The number of para-hydroxylation sites is 2. The molecule has 2 aromatic heterocycles. The third-order valence-corrected chi connectivity index (χ3v) is 22.4. The van der Waals surface area contributed by atoms with Gasteiger partial charge in [0.1, 0.15) is 45.3 Å². The molecule has 104 heavy (non-hydrogen) atoms. The minimum Gasteiger partial charge on any atom is -0.457 e. The Hall–Kier alpha value is -12.1. The van der Waals surface area contributed by atoms with Crippen molar-refractivity contribution in [3.05, 3.63) is 318 Å². The van der Waals surface area contributed by atoms with Gasteiger partial charge in [-0.2, -0.15) is 0 Å². The first kappa shape index (κ1) is 61.8. The molecule has 1 unspecified atom stereocenters. The number of nitrogens with zero attached hydrogens (tertiary/aromatic N) is 2. The van der Waals surface area contributed by atoms with Crippen molar-refractivity contribution < 1.29 is 18.3 Å². The van der Waals surface area contributed by atoms with Gasteiger partial charge in [0.2, 0.25) is 0 Å². The zero-order valence-electron chi connectivity index (χ0n) is 59.8. The van der Waals surface area contributed by atoms with Crippen LogP contribution in [0.1, 0.15) is 102 Å². The maximum absolute atomic E-state index is 8.35. The van der Waals surface area contributed by atoms with E-state index in [1.165, 1.54) is 22.3 Å². The molecular formula is C97H75BN2O4. The Morgan fingerprint density at radius 2 is 0.692 bits per heavy atom. The largest absolute Gasteiger partial charge is 0.457 e. The molecule has 500 valence electrons. The number of anilines is 6. The SMILES string of the molecule is CC(C)(C)c1cc(-c2ccccc2)c(N2c3cc(-c4ccccc4)ccc3C3c4c2cc(C(C)(C)C)cc4N(c2c(-c4ccccc4)cc(C(C)(C)C)cc2-c2ccccc2)c2cc4c5c(c23)Oc2c(ccc3oc6ccccc6c23)B5c2ccc3oc5ccccc5c3c2O4)c(-c2ccccc2)c1. The predicted octanol–water partition coefficient (Wildman–Crippen LogP) is 25.2. The van der Waals surface area contributed by atoms with E-state index in [0.29, 0.717) is 0 Å². The number of rotatable bonds is 7. The van der Waals surface area contributed by atoms with Crippen molar-refractivity contribution in [3.63, 3.8) is 0 Å². The van der Waals surface area contributed by atoms with Gasteiger partial charge in [-0.1, -0.05) is 275 Å². The van der Waals surface area contributed by atoms with Crippen molar-refractivity contribution in [1.29, 1.82) is 0 Å². The molecule has 14 aromatic carbocycles. The van der Waals surface area contributed by atoms with Gasteiger partial charge < -0.3 is 28.1 Å². The van der Waals surface area contributed by atoms with Gasteiger partial charge in [-0.3, -0.25) is 0 Å². The second kappa shape index (κ2) is 22.7. The zero-order valence-corrected chi connectivity index (χ0v) is 59.8. The lowest BCUT2D eigenvalue weighted by molar-refractivity contribution is 0.465. The second-order valence-electron chi connectivity index (χ2n) is 31.8. The fraction of sp³-hybridized carbons (Fsp3) is 0.134. The van der Waals surface area contributed by atoms with Gasteiger partial charge in [0.05, 0.1) is 44.9 Å². The molecular weight excluding hydrogens is 1270 g/mol. The molecule has 7 heteroatoms. The van der Waals surface area contributed by atoms with E-state index >= 15 is 0 Å². The quantitative estimate of drug-likeness (QED) is 0.148. The van der Waals surface area contributed by atoms with Crippen molar-refractivity contribution in [2.75, 3.05) is 9.80 Å². The average molecular weight is 1340 g/mol. The van der Waals surface area contributed by atoms with Crippen molar-refractivity contribution >= 4 is 101 Å². The molecule has 1 atom stereocenters. The number of hydrogen-bond acceptors (Lipinski definition) is 6. The average Bonchev–Trinajstić information content (AvgIpc) is 0.859. The molecule has 0 radical (unpaired) electrons. The van der Waals surface area contributed by atoms with Crippen LogP contribution in [0.5, 0.6) is 23.0 Å². The van der Waals surface area contributed by atoms with Crippen LogP contribution in [-0.2, 0) is 16.2 Å². The third-order valence-electron chi connectivity index (χ3n) is 22.4. The molecule has 0 spiro atoms. The highest BCUT2D eigenvalue weighted by atomic mass is 16.5. The van der Waals surface area contributed by atoms with Crippen LogP contribution in [-0.4, -0.2) is 6.71 Å². The van der Waals surface area contributed by atoms with Gasteiger partial charge in [0.25, 0.3) is 6.71 Å². The van der Waals surface area contributed by atoms with Gasteiger partial charge in [0, 0.05) is 61.6 Å². The molecule has 0 amide bonds. The van der Waals surface area contributed by atoms with Crippen LogP contribution in [0.2, 0.25) is 0 Å². The van der Waals surface area contributed by atoms with E-state index < -0.39 is 5.92 Å². The van der Waals surface area contributed by atoms with Crippen LogP contribution in [0, 0.1) is 0 Å². The summed E-state index contributed by atoms with van der Waals surface area (Å²) in [5.74, 6) is 2.60. The molecule has 0 N–H and O–H groups in total. The molecule has 20 rings (SSSR count). The minimum atomic E-state index is -0.441. The molecule has 0 bridgehead atoms. The number of ether oxygens (including phenoxy) is 2. The smallest absolute Gasteiger partial charge is 0.260 e. The molecule has 4 aliphatic heterocycles. The van der Waals surface area contributed by atoms with E-state index in [1.807, 2.05) is 6.07 Å². The summed E-state index contributed by atoms with van der Waals surface area (Å²) >= 11 is 0. The lowest BCUT2D eigenvalue weighted by atomic mass is 9.34. The topological polar surface area (TPSA) is 51.2 Å². The molecule has 0 saturated carbocycles. The van der Waals surface area contributed by atoms with Crippen LogP contribution < -0.4 is 35.7 Å². The van der Waals surface area contributed by atoms with Crippen LogP contribution in [0.15, 0.2) is 294 Å². The minimum absolute atomic E-state index is 0.212. The Labute approximate surface area is 607 Å². The van der Waals surface area contributed by atoms with Gasteiger partial charge in [-0.25, -0.2) is 0 Å². The summed E-state index contributed by atoms with van der Waals surface area (Å²) in [6.45, 7) is 20.8. The number of hydrogen-bond donors (Lipinski definition) is 0. The third kappa shape index (κ3) is 9.41. The fourth-order valence-electron chi connectivity index (χ4n) is 17.2. The number of benzene rings is 14. The lowest BCUT2D eigenvalue weighted by Gasteiger charge is -2.48. The summed E-state index contributed by atoms with van der Waals surface area (Å²) in [7, 11) is 0. The Morgan fingerprint density at radius 3 is 1.13 bits per heavy atom. The van der Waals surface area contributed by atoms with Crippen LogP contribution in [0.3, 0.4) is 0 Å². The zero-order chi connectivity index (χ0) is 70.2. The lowest BCUT2D eigenvalue weighted by Crippen LogP contribution is -2.58. The second-order valence-corrected chi connectivity index (χ2v) is 31.8. The van der Waals surface area contributed by atoms with E-state index in [9.17, 15) is 0 Å². The van der Waals surface area contributed by atoms with Crippen molar-refractivity contribution in [3.8, 4) is 78.6 Å².